The fraction of sp³-hybridized carbons (Fsp3) is 0.491. The van der Waals surface area contributed by atoms with E-state index >= 15 is 0 Å². The third kappa shape index (κ3) is 9.45. The summed E-state index contributed by atoms with van der Waals surface area (Å²) in [4.78, 5) is 64.1. The van der Waals surface area contributed by atoms with Crippen LogP contribution in [0.4, 0.5) is 10.5 Å². The highest BCUT2D eigenvalue weighted by Gasteiger charge is 2.40. The van der Waals surface area contributed by atoms with E-state index < -0.39 is 12.1 Å². The molecule has 344 valence electrons. The number of nitrogens with one attached hydrogen (secondary N) is 2. The first kappa shape index (κ1) is 45.7. The Balaban J connectivity index is 1.01. The number of carbonyl (C=O) groups excluding carboxylic acids is 3. The molecule has 0 unspecified atom stereocenters. The van der Waals surface area contributed by atoms with Gasteiger partial charge in [-0.25, -0.2) is 14.8 Å². The lowest BCUT2D eigenvalue weighted by atomic mass is 9.87. The fourth-order valence-electron chi connectivity index (χ4n) is 10.5. The molecule has 3 aliphatic heterocycles. The number of likely N-dealkylation sites (N-methyl/N-ethyl adjacent to an activating group) is 1. The van der Waals surface area contributed by atoms with Crippen molar-refractivity contribution in [2.24, 2.45) is 11.8 Å². The summed E-state index contributed by atoms with van der Waals surface area (Å²) in [7, 11) is 2.96. The van der Waals surface area contributed by atoms with E-state index in [0.717, 1.165) is 79.2 Å². The number of amides is 3. The van der Waals surface area contributed by atoms with Crippen molar-refractivity contribution in [3.05, 3.63) is 114 Å². The maximum Gasteiger partial charge on any atom is 0.409 e. The van der Waals surface area contributed by atoms with E-state index in [0.29, 0.717) is 18.9 Å². The SMILES string of the molecule is COC(=O)N(C)[C@H](C(=O)N1CCC[C@H]1c1ncc(-c2ccc([C@H]3CC[C@H](c4ccc(-c5cnc([C@@H]6CCCN6C(=O)CC(C)C)[nH]5)cc4)N3c3ccc(C(C)(C)C)cc3)cc2)[nH]1)C(C)C. The Morgan fingerprint density at radius 3 is 1.66 bits per heavy atom. The second-order valence-electron chi connectivity index (χ2n) is 20.2. The van der Waals surface area contributed by atoms with Gasteiger partial charge in [0, 0.05) is 32.2 Å². The minimum atomic E-state index is -0.631. The van der Waals surface area contributed by atoms with Crippen molar-refractivity contribution in [2.75, 3.05) is 32.1 Å². The Labute approximate surface area is 385 Å². The first-order valence-electron chi connectivity index (χ1n) is 23.7. The number of nitrogens with zero attached hydrogens (tertiary/aromatic N) is 6. The predicted molar refractivity (Wildman–Crippen MR) is 256 cm³/mol. The highest BCUT2D eigenvalue weighted by molar-refractivity contribution is 5.86. The van der Waals surface area contributed by atoms with E-state index in [9.17, 15) is 14.4 Å². The van der Waals surface area contributed by atoms with Crippen LogP contribution >= 0.6 is 0 Å². The van der Waals surface area contributed by atoms with Crippen LogP contribution in [0.1, 0.15) is 146 Å². The molecule has 2 N–H and O–H groups in total. The molecule has 5 atom stereocenters. The van der Waals surface area contributed by atoms with E-state index in [-0.39, 0.29) is 47.3 Å². The van der Waals surface area contributed by atoms with Gasteiger partial charge in [-0.2, -0.15) is 0 Å². The first-order chi connectivity index (χ1) is 31.1. The van der Waals surface area contributed by atoms with Crippen molar-refractivity contribution < 1.29 is 19.1 Å². The summed E-state index contributed by atoms with van der Waals surface area (Å²) in [5.74, 6) is 2.00. The van der Waals surface area contributed by atoms with Gasteiger partial charge >= 0.3 is 6.09 Å². The Bertz CT molecular complexity index is 2430. The number of ether oxygens (including phenoxy) is 1. The second kappa shape index (κ2) is 18.9. The van der Waals surface area contributed by atoms with Crippen LogP contribution in [0.15, 0.2) is 85.2 Å². The molecule has 12 nitrogen and oxygen atoms in total. The molecule has 12 heteroatoms. The van der Waals surface area contributed by atoms with Gasteiger partial charge in [0.15, 0.2) is 0 Å². The van der Waals surface area contributed by atoms with Crippen LogP contribution in [0.5, 0.6) is 0 Å². The van der Waals surface area contributed by atoms with Crippen LogP contribution in [-0.2, 0) is 19.7 Å². The van der Waals surface area contributed by atoms with Gasteiger partial charge in [0.25, 0.3) is 0 Å². The molecule has 0 saturated carbocycles. The van der Waals surface area contributed by atoms with Gasteiger partial charge in [-0.05, 0) is 95.7 Å². The van der Waals surface area contributed by atoms with E-state index in [1.165, 1.54) is 34.4 Å². The van der Waals surface area contributed by atoms with Gasteiger partial charge in [0.1, 0.15) is 17.7 Å². The zero-order valence-electron chi connectivity index (χ0n) is 39.8. The van der Waals surface area contributed by atoms with E-state index in [2.05, 4.69) is 122 Å². The maximum absolute atomic E-state index is 14.0. The van der Waals surface area contributed by atoms with Crippen LogP contribution in [0.3, 0.4) is 0 Å². The lowest BCUT2D eigenvalue weighted by molar-refractivity contribution is -0.138. The first-order valence-corrected chi connectivity index (χ1v) is 23.7. The smallest absolute Gasteiger partial charge is 0.409 e. The zero-order chi connectivity index (χ0) is 46.2. The number of hydrogen-bond acceptors (Lipinski definition) is 7. The Kier molecular flexibility index (Phi) is 13.3. The molecule has 0 spiro atoms. The number of anilines is 1. The molecule has 0 aliphatic carbocycles. The van der Waals surface area contributed by atoms with E-state index in [1.54, 1.807) is 7.05 Å². The van der Waals surface area contributed by atoms with E-state index in [1.807, 2.05) is 36.0 Å². The molecule has 3 aromatic carbocycles. The van der Waals surface area contributed by atoms with Crippen LogP contribution < -0.4 is 4.90 Å². The van der Waals surface area contributed by atoms with Gasteiger partial charge in [-0.1, -0.05) is 109 Å². The molecule has 5 heterocycles. The number of likely N-dealkylation sites (tertiary alicyclic amines) is 2. The molecule has 65 heavy (non-hydrogen) atoms. The number of rotatable bonds is 12. The fourth-order valence-corrected chi connectivity index (χ4v) is 10.5. The zero-order valence-corrected chi connectivity index (χ0v) is 39.8. The monoisotopic (exact) mass is 881 g/mol. The number of benzene rings is 3. The Hall–Kier alpha value is -5.91. The molecule has 3 amide bonds. The van der Waals surface area contributed by atoms with Crippen molar-refractivity contribution in [1.82, 2.24) is 34.6 Å². The minimum absolute atomic E-state index is 0.000670. The largest absolute Gasteiger partial charge is 0.453 e. The van der Waals surface area contributed by atoms with Crippen molar-refractivity contribution >= 4 is 23.6 Å². The molecule has 2 aromatic heterocycles. The van der Waals surface area contributed by atoms with Gasteiger partial charge in [0.05, 0.1) is 55.1 Å². The molecule has 3 saturated heterocycles. The Morgan fingerprint density at radius 2 is 1.20 bits per heavy atom. The Morgan fingerprint density at radius 1 is 0.708 bits per heavy atom. The summed E-state index contributed by atoms with van der Waals surface area (Å²) in [5.41, 5.74) is 9.08. The lowest BCUT2D eigenvalue weighted by Crippen LogP contribution is -2.51. The van der Waals surface area contributed by atoms with Gasteiger partial charge in [-0.3, -0.25) is 14.5 Å². The number of hydrogen-bond donors (Lipinski definition) is 2. The third-order valence-corrected chi connectivity index (χ3v) is 13.9. The maximum atomic E-state index is 14.0. The summed E-state index contributed by atoms with van der Waals surface area (Å²) in [5, 5.41) is 0. The van der Waals surface area contributed by atoms with Crippen molar-refractivity contribution in [3.8, 4) is 22.5 Å². The second-order valence-corrected chi connectivity index (χ2v) is 20.2. The summed E-state index contributed by atoms with van der Waals surface area (Å²) < 4.78 is 4.96. The highest BCUT2D eigenvalue weighted by Crippen LogP contribution is 2.48. The topological polar surface area (TPSA) is 131 Å². The highest BCUT2D eigenvalue weighted by atomic mass is 16.5. The summed E-state index contributed by atoms with van der Waals surface area (Å²) in [6.45, 7) is 16.3. The number of aromatic amines is 2. The van der Waals surface area contributed by atoms with E-state index in [4.69, 9.17) is 14.7 Å². The summed E-state index contributed by atoms with van der Waals surface area (Å²) >= 11 is 0. The van der Waals surface area contributed by atoms with Gasteiger partial charge in [-0.15, -0.1) is 0 Å². The average molecular weight is 881 g/mol. The normalized spacial score (nSPS) is 20.6. The summed E-state index contributed by atoms with van der Waals surface area (Å²) in [6.07, 6.45) is 9.43. The van der Waals surface area contributed by atoms with Crippen LogP contribution in [0.2, 0.25) is 0 Å². The number of carbonyl (C=O) groups is 3. The molecule has 0 bridgehead atoms. The molecular formula is C53H68N8O4. The number of aromatic nitrogens is 4. The minimum Gasteiger partial charge on any atom is -0.453 e. The number of H-pyrrole nitrogens is 2. The quantitative estimate of drug-likeness (QED) is 0.128. The van der Waals surface area contributed by atoms with Crippen molar-refractivity contribution in [2.45, 2.75) is 129 Å². The predicted octanol–water partition coefficient (Wildman–Crippen LogP) is 10.9. The molecular weight excluding hydrogens is 813 g/mol. The molecule has 8 rings (SSSR count). The molecule has 5 aromatic rings. The molecule has 3 fully saturated rings. The van der Waals surface area contributed by atoms with Crippen LogP contribution in [0, 0.1) is 11.8 Å². The molecule has 3 aliphatic rings. The summed E-state index contributed by atoms with van der Waals surface area (Å²) in [6, 6.07) is 26.5. The number of methoxy groups -OCH3 is 1. The van der Waals surface area contributed by atoms with Crippen molar-refractivity contribution in [1.29, 1.82) is 0 Å². The van der Waals surface area contributed by atoms with Crippen molar-refractivity contribution in [3.63, 3.8) is 0 Å². The average Bonchev–Trinajstić information content (AvgIpc) is 4.14. The van der Waals surface area contributed by atoms with Crippen LogP contribution in [-0.4, -0.2) is 85.8 Å². The third-order valence-electron chi connectivity index (χ3n) is 13.9. The number of imidazole rings is 2. The van der Waals surface area contributed by atoms with Gasteiger partial charge in [0.2, 0.25) is 11.8 Å². The molecule has 0 radical (unpaired) electrons. The van der Waals surface area contributed by atoms with Gasteiger partial charge < -0.3 is 29.4 Å². The standard InChI is InChI=1S/C53H68N8O4/c1-33(2)30-47(62)59-28-10-12-45(59)49-54-31-41(56-49)35-14-18-37(19-15-35)43-26-27-44(61(43)40-24-22-39(23-25-40)53(5,6)7)38-20-16-36(17-21-38)42-32-55-50(57-42)46-13-11-29-60(46)51(63)48(34(3)4)58(8)52(64)65-9/h14-25,31-34,43-46,48H,10-13,26-30H2,1-9H3,(H,54,56)(H,55,57)/t43-,44-,45+,46+,48+/m1/s1. The lowest BCUT2D eigenvalue weighted by Gasteiger charge is -2.34. The van der Waals surface area contributed by atoms with Crippen LogP contribution in [0.25, 0.3) is 22.5 Å².